The van der Waals surface area contributed by atoms with Crippen LogP contribution in [0, 0.1) is 6.92 Å². The van der Waals surface area contributed by atoms with Crippen LogP contribution in [0.25, 0.3) is 11.1 Å². The normalized spacial score (nSPS) is 19.0. The molecular weight excluding hydrogens is 384 g/mol. The molecule has 5 nitrogen and oxygen atoms in total. The Morgan fingerprint density at radius 3 is 2.74 bits per heavy atom. The standard InChI is InChI=1S/C26H30N4O/c1-18-15-21(19-9-4-2-5-10-19)16-24(27-18)20-11-8-14-30(17-20)26(31)25-22-12-6-3-7-13-23(22)28-29-25/h2,4-5,9-10,15-16,20H,3,6-8,11-14,17H2,1H3,(H,28,29)/t20-/m0/s1. The van der Waals surface area contributed by atoms with Gasteiger partial charge >= 0.3 is 0 Å². The zero-order chi connectivity index (χ0) is 21.2. The molecule has 1 aliphatic heterocycles. The minimum absolute atomic E-state index is 0.0834. The van der Waals surface area contributed by atoms with E-state index >= 15 is 0 Å². The second kappa shape index (κ2) is 8.66. The Labute approximate surface area is 183 Å². The average Bonchev–Trinajstić information content (AvgIpc) is 3.06. The third kappa shape index (κ3) is 4.14. The van der Waals surface area contributed by atoms with Gasteiger partial charge in [-0.2, -0.15) is 5.10 Å². The third-order valence-corrected chi connectivity index (χ3v) is 6.72. The number of H-pyrrole nitrogens is 1. The number of piperidine rings is 1. The van der Waals surface area contributed by atoms with E-state index in [9.17, 15) is 4.79 Å². The largest absolute Gasteiger partial charge is 0.337 e. The van der Waals surface area contributed by atoms with Crippen LogP contribution in [0.3, 0.4) is 0 Å². The molecule has 1 N–H and O–H groups in total. The van der Waals surface area contributed by atoms with Crippen molar-refractivity contribution in [2.45, 2.75) is 57.8 Å². The number of amides is 1. The second-order valence-corrected chi connectivity index (χ2v) is 8.97. The number of hydrogen-bond acceptors (Lipinski definition) is 3. The molecule has 1 amide bonds. The van der Waals surface area contributed by atoms with Crippen LogP contribution in [-0.2, 0) is 12.8 Å². The molecule has 5 rings (SSSR count). The molecule has 1 fully saturated rings. The summed E-state index contributed by atoms with van der Waals surface area (Å²) in [7, 11) is 0. The monoisotopic (exact) mass is 414 g/mol. The molecular formula is C26H30N4O. The van der Waals surface area contributed by atoms with Gasteiger partial charge in [0.25, 0.3) is 5.91 Å². The number of aromatic amines is 1. The number of aromatic nitrogens is 3. The summed E-state index contributed by atoms with van der Waals surface area (Å²) in [5.74, 6) is 0.345. The van der Waals surface area contributed by atoms with Crippen molar-refractivity contribution in [3.8, 4) is 11.1 Å². The lowest BCUT2D eigenvalue weighted by molar-refractivity contribution is 0.0698. The highest BCUT2D eigenvalue weighted by Crippen LogP contribution is 2.31. The fraction of sp³-hybridized carbons (Fsp3) is 0.423. The fourth-order valence-corrected chi connectivity index (χ4v) is 5.09. The maximum absolute atomic E-state index is 13.4. The van der Waals surface area contributed by atoms with Crippen molar-refractivity contribution in [1.82, 2.24) is 20.1 Å². The van der Waals surface area contributed by atoms with Gasteiger partial charge in [0.2, 0.25) is 0 Å². The molecule has 1 aromatic carbocycles. The van der Waals surface area contributed by atoms with Crippen molar-refractivity contribution in [1.29, 1.82) is 0 Å². The summed E-state index contributed by atoms with van der Waals surface area (Å²) in [5.41, 5.74) is 7.50. The summed E-state index contributed by atoms with van der Waals surface area (Å²) in [4.78, 5) is 20.3. The van der Waals surface area contributed by atoms with Gasteiger partial charge in [0.15, 0.2) is 5.69 Å². The van der Waals surface area contributed by atoms with Gasteiger partial charge in [-0.25, -0.2) is 0 Å². The number of fused-ring (bicyclic) bond motifs is 1. The lowest BCUT2D eigenvalue weighted by Gasteiger charge is -2.32. The van der Waals surface area contributed by atoms with Gasteiger partial charge < -0.3 is 4.90 Å². The smallest absolute Gasteiger partial charge is 0.274 e. The number of nitrogens with zero attached hydrogens (tertiary/aromatic N) is 3. The summed E-state index contributed by atoms with van der Waals surface area (Å²) < 4.78 is 0. The van der Waals surface area contributed by atoms with Crippen LogP contribution in [0.1, 0.15) is 71.2 Å². The number of nitrogens with one attached hydrogen (secondary N) is 1. The third-order valence-electron chi connectivity index (χ3n) is 6.72. The van der Waals surface area contributed by atoms with Crippen LogP contribution in [0.5, 0.6) is 0 Å². The Balaban J connectivity index is 1.38. The molecule has 5 heteroatoms. The van der Waals surface area contributed by atoms with Gasteiger partial charge in [-0.05, 0) is 68.7 Å². The van der Waals surface area contributed by atoms with E-state index in [1.54, 1.807) is 0 Å². The molecule has 1 saturated heterocycles. The Morgan fingerprint density at radius 2 is 1.87 bits per heavy atom. The van der Waals surface area contributed by atoms with Gasteiger partial charge in [-0.15, -0.1) is 0 Å². The van der Waals surface area contributed by atoms with E-state index in [1.165, 1.54) is 29.7 Å². The van der Waals surface area contributed by atoms with Crippen molar-refractivity contribution >= 4 is 5.91 Å². The first-order valence-corrected chi connectivity index (χ1v) is 11.6. The molecule has 3 heterocycles. The Kier molecular flexibility index (Phi) is 5.58. The van der Waals surface area contributed by atoms with E-state index in [0.29, 0.717) is 12.2 Å². The van der Waals surface area contributed by atoms with Gasteiger partial charge in [0.1, 0.15) is 0 Å². The molecule has 0 radical (unpaired) electrons. The number of carbonyl (C=O) groups excluding carboxylic acids is 1. The molecule has 1 atom stereocenters. The van der Waals surface area contributed by atoms with Crippen molar-refractivity contribution < 1.29 is 4.79 Å². The predicted octanol–water partition coefficient (Wildman–Crippen LogP) is 5.07. The number of rotatable bonds is 3. The van der Waals surface area contributed by atoms with E-state index in [4.69, 9.17) is 4.98 Å². The van der Waals surface area contributed by atoms with Crippen molar-refractivity contribution in [2.24, 2.45) is 0 Å². The molecule has 0 spiro atoms. The molecule has 2 aliphatic rings. The number of hydrogen-bond donors (Lipinski definition) is 1. The quantitative estimate of drug-likeness (QED) is 0.609. The van der Waals surface area contributed by atoms with Gasteiger partial charge in [-0.3, -0.25) is 14.9 Å². The van der Waals surface area contributed by atoms with E-state index < -0.39 is 0 Å². The lowest BCUT2D eigenvalue weighted by Crippen LogP contribution is -2.40. The Hall–Kier alpha value is -2.95. The highest BCUT2D eigenvalue weighted by molar-refractivity contribution is 5.94. The number of likely N-dealkylation sites (tertiary alicyclic amines) is 1. The molecule has 1 aliphatic carbocycles. The SMILES string of the molecule is Cc1cc(-c2ccccc2)cc([C@H]2CCCN(C(=O)c3n[nH]c4c3CCCCC4)C2)n1. The number of carbonyl (C=O) groups is 1. The summed E-state index contributed by atoms with van der Waals surface area (Å²) in [6.07, 6.45) is 7.58. The van der Waals surface area contributed by atoms with Gasteiger partial charge in [0.05, 0.1) is 0 Å². The molecule has 160 valence electrons. The zero-order valence-corrected chi connectivity index (χ0v) is 18.2. The first-order valence-electron chi connectivity index (χ1n) is 11.6. The summed E-state index contributed by atoms with van der Waals surface area (Å²) in [5, 5.41) is 7.60. The number of aryl methyl sites for hydroxylation is 2. The maximum Gasteiger partial charge on any atom is 0.274 e. The number of pyridine rings is 1. The van der Waals surface area contributed by atoms with Crippen LogP contribution in [0.4, 0.5) is 0 Å². The van der Waals surface area contributed by atoms with Crippen LogP contribution in [0.15, 0.2) is 42.5 Å². The Morgan fingerprint density at radius 1 is 1.03 bits per heavy atom. The minimum atomic E-state index is 0.0834. The molecule has 31 heavy (non-hydrogen) atoms. The van der Waals surface area contributed by atoms with E-state index in [-0.39, 0.29) is 11.8 Å². The fourth-order valence-electron chi connectivity index (χ4n) is 5.09. The first kappa shape index (κ1) is 20.0. The van der Waals surface area contributed by atoms with E-state index in [2.05, 4.69) is 53.5 Å². The first-order chi connectivity index (χ1) is 15.2. The highest BCUT2D eigenvalue weighted by atomic mass is 16.2. The summed E-state index contributed by atoms with van der Waals surface area (Å²) >= 11 is 0. The van der Waals surface area contributed by atoms with Crippen LogP contribution >= 0.6 is 0 Å². The molecule has 0 bridgehead atoms. The van der Waals surface area contributed by atoms with Crippen molar-refractivity contribution in [2.75, 3.05) is 13.1 Å². The number of benzene rings is 1. The van der Waals surface area contributed by atoms with Crippen molar-refractivity contribution in [3.63, 3.8) is 0 Å². The van der Waals surface area contributed by atoms with E-state index in [0.717, 1.165) is 55.6 Å². The summed E-state index contributed by atoms with van der Waals surface area (Å²) in [6, 6.07) is 14.8. The highest BCUT2D eigenvalue weighted by Gasteiger charge is 2.30. The molecule has 0 saturated carbocycles. The van der Waals surface area contributed by atoms with Gasteiger partial charge in [-0.1, -0.05) is 36.8 Å². The lowest BCUT2D eigenvalue weighted by atomic mass is 9.92. The van der Waals surface area contributed by atoms with Crippen molar-refractivity contribution in [3.05, 3.63) is 70.8 Å². The topological polar surface area (TPSA) is 61.9 Å². The molecule has 0 unspecified atom stereocenters. The van der Waals surface area contributed by atoms with Crippen LogP contribution in [0.2, 0.25) is 0 Å². The molecule has 3 aromatic rings. The predicted molar refractivity (Wildman–Crippen MR) is 122 cm³/mol. The Bertz CT molecular complexity index is 1070. The second-order valence-electron chi connectivity index (χ2n) is 8.97. The average molecular weight is 415 g/mol. The van der Waals surface area contributed by atoms with E-state index in [1.807, 2.05) is 11.0 Å². The molecule has 2 aromatic heterocycles. The minimum Gasteiger partial charge on any atom is -0.337 e. The zero-order valence-electron chi connectivity index (χ0n) is 18.2. The maximum atomic E-state index is 13.4. The van der Waals surface area contributed by atoms with Crippen LogP contribution in [-0.4, -0.2) is 39.1 Å². The van der Waals surface area contributed by atoms with Gasteiger partial charge in [0, 0.05) is 41.7 Å². The van der Waals surface area contributed by atoms with Crippen LogP contribution < -0.4 is 0 Å². The summed E-state index contributed by atoms with van der Waals surface area (Å²) in [6.45, 7) is 3.57.